The van der Waals surface area contributed by atoms with Crippen LogP contribution >= 0.6 is 11.6 Å². The predicted molar refractivity (Wildman–Crippen MR) is 150 cm³/mol. The molecule has 222 valence electrons. The topological polar surface area (TPSA) is 135 Å². The van der Waals surface area contributed by atoms with Gasteiger partial charge in [-0.25, -0.2) is 31.4 Å². The van der Waals surface area contributed by atoms with E-state index in [1.807, 2.05) is 6.07 Å². The normalized spacial score (nSPS) is 15.2. The summed E-state index contributed by atoms with van der Waals surface area (Å²) in [7, 11) is -3.30. The Morgan fingerprint density at radius 1 is 1.07 bits per heavy atom. The van der Waals surface area contributed by atoms with Crippen molar-refractivity contribution in [2.75, 3.05) is 35.7 Å². The van der Waals surface area contributed by atoms with Gasteiger partial charge in [0.05, 0.1) is 28.2 Å². The quantitative estimate of drug-likeness (QED) is 0.248. The van der Waals surface area contributed by atoms with Crippen molar-refractivity contribution in [3.05, 3.63) is 70.9 Å². The number of amides is 2. The third-order valence-corrected chi connectivity index (χ3v) is 8.64. The molecule has 2 aromatic carbocycles. The number of carbonyl (C=O) groups is 1. The van der Waals surface area contributed by atoms with Crippen LogP contribution in [-0.2, 0) is 16.2 Å². The molecule has 0 radical (unpaired) electrons. The molecule has 1 aliphatic heterocycles. The van der Waals surface area contributed by atoms with Gasteiger partial charge in [0.25, 0.3) is 0 Å². The van der Waals surface area contributed by atoms with Crippen LogP contribution < -0.4 is 16.4 Å². The minimum atomic E-state index is -4.72. The van der Waals surface area contributed by atoms with Crippen molar-refractivity contribution in [2.45, 2.75) is 24.9 Å². The number of halogens is 5. The highest BCUT2D eigenvalue weighted by molar-refractivity contribution is 7.88. The first-order chi connectivity index (χ1) is 19.7. The van der Waals surface area contributed by atoms with Crippen LogP contribution in [0.3, 0.4) is 0 Å². The number of hydrogen-bond donors (Lipinski definition) is 3. The summed E-state index contributed by atoms with van der Waals surface area (Å²) in [4.78, 5) is 16.6. The molecule has 1 fully saturated rings. The van der Waals surface area contributed by atoms with Gasteiger partial charge in [0.1, 0.15) is 17.7 Å². The van der Waals surface area contributed by atoms with Crippen molar-refractivity contribution in [3.63, 3.8) is 0 Å². The van der Waals surface area contributed by atoms with Crippen LogP contribution in [-0.4, -0.2) is 52.7 Å². The second-order valence-electron chi connectivity index (χ2n) is 9.79. The van der Waals surface area contributed by atoms with Crippen molar-refractivity contribution in [2.24, 2.45) is 0 Å². The molecular weight excluding hydrogens is 602 g/mol. The number of benzene rings is 2. The number of hydrogen-bond acceptors (Lipinski definition) is 6. The van der Waals surface area contributed by atoms with Crippen molar-refractivity contribution in [1.82, 2.24) is 18.9 Å². The maximum Gasteiger partial charge on any atom is 0.416 e. The first kappa shape index (κ1) is 29.5. The fraction of sp³-hybridized carbons (Fsp3) is 0.269. The number of fused-ring (bicyclic) bond motifs is 1. The van der Waals surface area contributed by atoms with Gasteiger partial charge in [-0.3, -0.25) is 0 Å². The first-order valence-electron chi connectivity index (χ1n) is 12.5. The number of carbonyl (C=O) groups excluding carboxylic acids is 1. The van der Waals surface area contributed by atoms with Gasteiger partial charge in [0, 0.05) is 30.3 Å². The standard InChI is InChI=1S/C26H24ClF4N7O3S/c1-42(40,41)37-8-6-14(7-9-37)22-12-17(23-24(32)33-13-34-38(22)23)15-2-5-20(18(27)10-15)35-25(39)36-21-11-16(26(29,30)31)3-4-19(21)28/h2-5,10-14H,6-9H2,1H3,(H2,32,33,34)(H2,35,36,39). The summed E-state index contributed by atoms with van der Waals surface area (Å²) >= 11 is 6.45. The average molecular weight is 626 g/mol. The van der Waals surface area contributed by atoms with Gasteiger partial charge in [-0.1, -0.05) is 17.7 Å². The highest BCUT2D eigenvalue weighted by atomic mass is 35.5. The number of sulfonamides is 1. The third kappa shape index (κ3) is 5.98. The van der Waals surface area contributed by atoms with Crippen LogP contribution in [0.25, 0.3) is 16.6 Å². The van der Waals surface area contributed by atoms with Crippen LogP contribution in [0.4, 0.5) is 39.5 Å². The lowest BCUT2D eigenvalue weighted by molar-refractivity contribution is -0.137. The number of nitrogen functional groups attached to an aromatic ring is 1. The summed E-state index contributed by atoms with van der Waals surface area (Å²) in [6.45, 7) is 0.733. The van der Waals surface area contributed by atoms with E-state index in [1.54, 1.807) is 16.6 Å². The first-order valence-corrected chi connectivity index (χ1v) is 14.8. The monoisotopic (exact) mass is 625 g/mol. The summed E-state index contributed by atoms with van der Waals surface area (Å²) < 4.78 is 80.0. The van der Waals surface area contributed by atoms with E-state index in [0.29, 0.717) is 60.8 Å². The zero-order valence-corrected chi connectivity index (χ0v) is 23.5. The van der Waals surface area contributed by atoms with Gasteiger partial charge >= 0.3 is 12.2 Å². The average Bonchev–Trinajstić information content (AvgIpc) is 3.31. The summed E-state index contributed by atoms with van der Waals surface area (Å²) in [6.07, 6.45) is -1.05. The van der Waals surface area contributed by atoms with Gasteiger partial charge < -0.3 is 16.4 Å². The number of alkyl halides is 3. The molecule has 1 saturated heterocycles. The fourth-order valence-corrected chi connectivity index (χ4v) is 6.05. The fourth-order valence-electron chi connectivity index (χ4n) is 4.94. The summed E-state index contributed by atoms with van der Waals surface area (Å²) in [6, 6.07) is 7.24. The summed E-state index contributed by atoms with van der Waals surface area (Å²) in [5.41, 5.74) is 7.16. The number of piperidine rings is 1. The van der Waals surface area contributed by atoms with E-state index >= 15 is 0 Å². The highest BCUT2D eigenvalue weighted by Crippen LogP contribution is 2.39. The molecule has 0 bridgehead atoms. The van der Waals surface area contributed by atoms with Gasteiger partial charge in [-0.15, -0.1) is 0 Å². The number of rotatable bonds is 5. The number of aromatic nitrogens is 3. The van der Waals surface area contributed by atoms with E-state index in [0.717, 1.165) is 5.69 Å². The molecule has 10 nitrogen and oxygen atoms in total. The Kier molecular flexibility index (Phi) is 7.76. The molecule has 1 aliphatic rings. The maximum absolute atomic E-state index is 14.1. The van der Waals surface area contributed by atoms with Gasteiger partial charge in [-0.05, 0) is 54.8 Å². The molecular formula is C26H24ClF4N7O3S. The molecule has 5 rings (SSSR count). The molecule has 0 unspecified atom stereocenters. The lowest BCUT2D eigenvalue weighted by Gasteiger charge is -2.29. The molecule has 2 aromatic heterocycles. The Morgan fingerprint density at radius 2 is 1.76 bits per heavy atom. The molecule has 4 N–H and O–H groups in total. The molecule has 0 aliphatic carbocycles. The van der Waals surface area contributed by atoms with E-state index in [2.05, 4.69) is 20.7 Å². The molecule has 3 heterocycles. The molecule has 16 heteroatoms. The SMILES string of the molecule is CS(=O)(=O)N1CCC(c2cc(-c3ccc(NC(=O)Nc4cc(C(F)(F)F)ccc4F)c(Cl)c3)c3c(N)ncnn23)CC1. The van der Waals surface area contributed by atoms with Crippen LogP contribution in [0.5, 0.6) is 0 Å². The number of urea groups is 1. The Hall–Kier alpha value is -3.95. The van der Waals surface area contributed by atoms with Crippen molar-refractivity contribution < 1.29 is 30.8 Å². The van der Waals surface area contributed by atoms with Crippen molar-refractivity contribution in [1.29, 1.82) is 0 Å². The lowest BCUT2D eigenvalue weighted by Crippen LogP contribution is -2.37. The van der Waals surface area contributed by atoms with Crippen LogP contribution in [0.2, 0.25) is 5.02 Å². The Bertz CT molecular complexity index is 1790. The number of nitrogens with two attached hydrogens (primary N) is 1. The summed E-state index contributed by atoms with van der Waals surface area (Å²) in [5, 5.41) is 8.93. The molecule has 4 aromatic rings. The predicted octanol–water partition coefficient (Wildman–Crippen LogP) is 5.57. The third-order valence-electron chi connectivity index (χ3n) is 7.02. The highest BCUT2D eigenvalue weighted by Gasteiger charge is 2.32. The zero-order chi connectivity index (χ0) is 30.4. The Morgan fingerprint density at radius 3 is 2.40 bits per heavy atom. The number of anilines is 3. The largest absolute Gasteiger partial charge is 0.416 e. The minimum absolute atomic E-state index is 0.00472. The summed E-state index contributed by atoms with van der Waals surface area (Å²) in [5.74, 6) is -0.840. The van der Waals surface area contributed by atoms with E-state index in [4.69, 9.17) is 17.3 Å². The Balaban J connectivity index is 1.39. The van der Waals surface area contributed by atoms with Gasteiger partial charge in [-0.2, -0.15) is 18.3 Å². The zero-order valence-electron chi connectivity index (χ0n) is 21.9. The maximum atomic E-state index is 14.1. The van der Waals surface area contributed by atoms with Gasteiger partial charge in [0.2, 0.25) is 10.0 Å². The lowest BCUT2D eigenvalue weighted by atomic mass is 9.94. The van der Waals surface area contributed by atoms with E-state index < -0.39 is 39.3 Å². The molecule has 0 atom stereocenters. The van der Waals surface area contributed by atoms with E-state index in [1.165, 1.54) is 23.0 Å². The number of nitrogens with one attached hydrogen (secondary N) is 2. The second kappa shape index (κ2) is 11.0. The van der Waals surface area contributed by atoms with Gasteiger partial charge in [0.15, 0.2) is 5.82 Å². The number of nitrogens with zero attached hydrogens (tertiary/aromatic N) is 4. The minimum Gasteiger partial charge on any atom is -0.382 e. The van der Waals surface area contributed by atoms with Crippen molar-refractivity contribution >= 4 is 50.4 Å². The molecule has 2 amide bonds. The molecule has 0 saturated carbocycles. The van der Waals surface area contributed by atoms with E-state index in [-0.39, 0.29) is 22.4 Å². The van der Waals surface area contributed by atoms with E-state index in [9.17, 15) is 30.8 Å². The van der Waals surface area contributed by atoms with Crippen LogP contribution in [0, 0.1) is 5.82 Å². The van der Waals surface area contributed by atoms with Crippen LogP contribution in [0.1, 0.15) is 30.0 Å². The van der Waals surface area contributed by atoms with Crippen molar-refractivity contribution in [3.8, 4) is 11.1 Å². The molecule has 0 spiro atoms. The Labute approximate surface area is 242 Å². The van der Waals surface area contributed by atoms with Crippen LogP contribution in [0.15, 0.2) is 48.8 Å². The second-order valence-corrected chi connectivity index (χ2v) is 12.2. The molecule has 42 heavy (non-hydrogen) atoms. The smallest absolute Gasteiger partial charge is 0.382 e.